The second kappa shape index (κ2) is 10.5. The number of benzene rings is 4. The Bertz CT molecular complexity index is 1370. The third-order valence-electron chi connectivity index (χ3n) is 5.38. The topological polar surface area (TPSA) is 46.6 Å². The van der Waals surface area contributed by atoms with E-state index in [-0.39, 0.29) is 19.1 Å². The van der Waals surface area contributed by atoms with E-state index in [4.69, 9.17) is 39.5 Å². The van der Waals surface area contributed by atoms with E-state index in [1.165, 1.54) is 0 Å². The Hall–Kier alpha value is -3.05. The lowest BCUT2D eigenvalue weighted by Crippen LogP contribution is -2.30. The number of anilines is 1. The predicted molar refractivity (Wildman–Crippen MR) is 138 cm³/mol. The molecule has 0 fully saturated rings. The van der Waals surface area contributed by atoms with Gasteiger partial charge >= 0.3 is 5.97 Å². The molecule has 34 heavy (non-hydrogen) atoms. The van der Waals surface area contributed by atoms with Crippen molar-refractivity contribution >= 4 is 63.1 Å². The zero-order valence-corrected chi connectivity index (χ0v) is 20.5. The summed E-state index contributed by atoms with van der Waals surface area (Å²) in [7, 11) is 0. The fourth-order valence-corrected chi connectivity index (χ4v) is 4.40. The van der Waals surface area contributed by atoms with Gasteiger partial charge < -0.3 is 9.64 Å². The zero-order valence-electron chi connectivity index (χ0n) is 18.2. The number of fused-ring (bicyclic) bond motifs is 1. The van der Waals surface area contributed by atoms with E-state index in [1.807, 2.05) is 18.2 Å². The lowest BCUT2D eigenvalue weighted by Gasteiger charge is -2.25. The predicted octanol–water partition coefficient (Wildman–Crippen LogP) is 7.82. The summed E-state index contributed by atoms with van der Waals surface area (Å²) in [5.41, 5.74) is 2.23. The second-order valence-electron chi connectivity index (χ2n) is 7.53. The molecule has 172 valence electrons. The Morgan fingerprint density at radius 3 is 2.24 bits per heavy atom. The molecule has 0 aliphatic heterocycles. The first-order chi connectivity index (χ1) is 16.4. The average Bonchev–Trinajstić information content (AvgIpc) is 2.83. The lowest BCUT2D eigenvalue weighted by molar-refractivity contribution is 0.0526. The van der Waals surface area contributed by atoms with Crippen LogP contribution in [0.2, 0.25) is 15.1 Å². The molecule has 4 rings (SSSR count). The number of hydrogen-bond donors (Lipinski definition) is 0. The van der Waals surface area contributed by atoms with Crippen LogP contribution in [0.5, 0.6) is 0 Å². The first-order valence-corrected chi connectivity index (χ1v) is 11.7. The lowest BCUT2D eigenvalue weighted by atomic mass is 10.0. The molecule has 7 heteroatoms. The van der Waals surface area contributed by atoms with Crippen molar-refractivity contribution in [2.75, 3.05) is 11.5 Å². The molecule has 0 aliphatic carbocycles. The highest BCUT2D eigenvalue weighted by Crippen LogP contribution is 2.30. The summed E-state index contributed by atoms with van der Waals surface area (Å²) in [4.78, 5) is 27.6. The van der Waals surface area contributed by atoms with E-state index < -0.39 is 5.97 Å². The standard InChI is InChI=1S/C27H20Cl3NO3/c1-2-34-27(33)17-10-13-20(14-11-17)31(16-18-9-12-19(28)15-25(18)30)26(32)23-7-3-6-22-21(23)5-4-8-24(22)29/h3-15H,2,16H2,1H3. The first kappa shape index (κ1) is 24.1. The molecular formula is C27H20Cl3NO3. The summed E-state index contributed by atoms with van der Waals surface area (Å²) >= 11 is 18.9. The summed E-state index contributed by atoms with van der Waals surface area (Å²) in [6.45, 7) is 2.23. The monoisotopic (exact) mass is 511 g/mol. The van der Waals surface area contributed by atoms with Gasteiger partial charge in [-0.1, -0.05) is 65.1 Å². The molecule has 1 amide bonds. The van der Waals surface area contributed by atoms with Crippen LogP contribution >= 0.6 is 34.8 Å². The maximum absolute atomic E-state index is 13.9. The molecule has 0 saturated heterocycles. The van der Waals surface area contributed by atoms with Crippen LogP contribution in [0, 0.1) is 0 Å². The quantitative estimate of drug-likeness (QED) is 0.247. The summed E-state index contributed by atoms with van der Waals surface area (Å²) in [6.07, 6.45) is 0. The Kier molecular flexibility index (Phi) is 7.42. The molecule has 0 heterocycles. The fourth-order valence-electron chi connectivity index (χ4n) is 3.70. The summed E-state index contributed by atoms with van der Waals surface area (Å²) in [6, 6.07) is 22.8. The van der Waals surface area contributed by atoms with Crippen LogP contribution in [0.25, 0.3) is 10.8 Å². The fraction of sp³-hybridized carbons (Fsp3) is 0.111. The number of nitrogens with zero attached hydrogens (tertiary/aromatic N) is 1. The van der Waals surface area contributed by atoms with Crippen LogP contribution in [0.1, 0.15) is 33.2 Å². The third-order valence-corrected chi connectivity index (χ3v) is 6.29. The minimum Gasteiger partial charge on any atom is -0.462 e. The Morgan fingerprint density at radius 1 is 0.824 bits per heavy atom. The average molecular weight is 513 g/mol. The van der Waals surface area contributed by atoms with Crippen LogP contribution in [0.3, 0.4) is 0 Å². The zero-order chi connectivity index (χ0) is 24.2. The molecule has 0 atom stereocenters. The van der Waals surface area contributed by atoms with E-state index in [0.29, 0.717) is 31.9 Å². The SMILES string of the molecule is CCOC(=O)c1ccc(N(Cc2ccc(Cl)cc2Cl)C(=O)c2cccc3c(Cl)cccc23)cc1. The normalized spacial score (nSPS) is 10.8. The highest BCUT2D eigenvalue weighted by atomic mass is 35.5. The number of esters is 1. The molecule has 0 bridgehead atoms. The minimum atomic E-state index is -0.420. The van der Waals surface area contributed by atoms with Crippen molar-refractivity contribution in [3.05, 3.63) is 111 Å². The van der Waals surface area contributed by atoms with Crippen molar-refractivity contribution in [3.8, 4) is 0 Å². The van der Waals surface area contributed by atoms with Gasteiger partial charge in [-0.3, -0.25) is 4.79 Å². The summed E-state index contributed by atoms with van der Waals surface area (Å²) < 4.78 is 5.07. The van der Waals surface area contributed by atoms with Crippen LogP contribution in [-0.4, -0.2) is 18.5 Å². The van der Waals surface area contributed by atoms with Gasteiger partial charge in [0.25, 0.3) is 5.91 Å². The highest BCUT2D eigenvalue weighted by Gasteiger charge is 2.22. The van der Waals surface area contributed by atoms with Crippen LogP contribution in [-0.2, 0) is 11.3 Å². The van der Waals surface area contributed by atoms with Crippen LogP contribution < -0.4 is 4.90 Å². The number of amides is 1. The molecule has 0 radical (unpaired) electrons. The molecule has 4 aromatic carbocycles. The summed E-state index contributed by atoms with van der Waals surface area (Å²) in [5, 5.41) is 3.06. The molecular weight excluding hydrogens is 493 g/mol. The highest BCUT2D eigenvalue weighted by molar-refractivity contribution is 6.36. The van der Waals surface area contributed by atoms with E-state index >= 15 is 0 Å². The van der Waals surface area contributed by atoms with Crippen molar-refractivity contribution in [3.63, 3.8) is 0 Å². The molecule has 0 saturated carbocycles. The van der Waals surface area contributed by atoms with E-state index in [9.17, 15) is 9.59 Å². The first-order valence-electron chi connectivity index (χ1n) is 10.6. The van der Waals surface area contributed by atoms with Crippen LogP contribution in [0.15, 0.2) is 78.9 Å². The molecule has 4 nitrogen and oxygen atoms in total. The van der Waals surface area contributed by atoms with Crippen molar-refractivity contribution in [2.45, 2.75) is 13.5 Å². The smallest absolute Gasteiger partial charge is 0.338 e. The Labute approximate surface area is 212 Å². The van der Waals surface area contributed by atoms with Crippen molar-refractivity contribution in [2.24, 2.45) is 0 Å². The van der Waals surface area contributed by atoms with Gasteiger partial charge in [0.05, 0.1) is 18.7 Å². The molecule has 4 aromatic rings. The van der Waals surface area contributed by atoms with Gasteiger partial charge in [-0.25, -0.2) is 4.79 Å². The number of carbonyl (C=O) groups excluding carboxylic acids is 2. The molecule has 0 unspecified atom stereocenters. The minimum absolute atomic E-state index is 0.199. The molecule has 0 aromatic heterocycles. The Morgan fingerprint density at radius 2 is 1.53 bits per heavy atom. The largest absolute Gasteiger partial charge is 0.462 e. The van der Waals surface area contributed by atoms with Crippen molar-refractivity contribution in [1.82, 2.24) is 0 Å². The third kappa shape index (κ3) is 5.05. The van der Waals surface area contributed by atoms with E-state index in [0.717, 1.165) is 16.3 Å². The summed E-state index contributed by atoms with van der Waals surface area (Å²) in [5.74, 6) is -0.654. The van der Waals surface area contributed by atoms with Gasteiger partial charge in [-0.15, -0.1) is 0 Å². The van der Waals surface area contributed by atoms with Crippen molar-refractivity contribution in [1.29, 1.82) is 0 Å². The van der Waals surface area contributed by atoms with Gasteiger partial charge in [0, 0.05) is 31.7 Å². The molecule has 0 aliphatic rings. The van der Waals surface area contributed by atoms with Gasteiger partial charge in [0.2, 0.25) is 0 Å². The molecule has 0 spiro atoms. The van der Waals surface area contributed by atoms with Gasteiger partial charge in [0.1, 0.15) is 0 Å². The van der Waals surface area contributed by atoms with Gasteiger partial charge in [-0.05, 0) is 66.4 Å². The van der Waals surface area contributed by atoms with E-state index in [2.05, 4.69) is 0 Å². The van der Waals surface area contributed by atoms with Crippen LogP contribution in [0.4, 0.5) is 5.69 Å². The maximum Gasteiger partial charge on any atom is 0.338 e. The molecule has 0 N–H and O–H groups in total. The number of ether oxygens (including phenoxy) is 1. The number of halogens is 3. The second-order valence-corrected chi connectivity index (χ2v) is 8.79. The van der Waals surface area contributed by atoms with Gasteiger partial charge in [-0.2, -0.15) is 0 Å². The number of carbonyl (C=O) groups is 2. The van der Waals surface area contributed by atoms with Gasteiger partial charge in [0.15, 0.2) is 0 Å². The Balaban J connectivity index is 1.79. The van der Waals surface area contributed by atoms with Crippen molar-refractivity contribution < 1.29 is 14.3 Å². The van der Waals surface area contributed by atoms with E-state index in [1.54, 1.807) is 72.5 Å². The number of rotatable bonds is 6. The maximum atomic E-state index is 13.9. The number of hydrogen-bond acceptors (Lipinski definition) is 3.